The van der Waals surface area contributed by atoms with Crippen LogP contribution in [0.1, 0.15) is 24.5 Å². The van der Waals surface area contributed by atoms with Gasteiger partial charge in [-0.05, 0) is 20.0 Å². The van der Waals surface area contributed by atoms with Crippen molar-refractivity contribution in [3.8, 4) is 11.4 Å². The molecule has 0 saturated carbocycles. The molecule has 0 radical (unpaired) electrons. The van der Waals surface area contributed by atoms with Crippen LogP contribution in [-0.4, -0.2) is 33.4 Å². The molecule has 3 rings (SSSR count). The highest BCUT2D eigenvalue weighted by atomic mass is 16.5. The van der Waals surface area contributed by atoms with E-state index >= 15 is 0 Å². The largest absolute Gasteiger partial charge is 0.472 e. The first-order chi connectivity index (χ1) is 10.7. The average molecular weight is 303 g/mol. The molecule has 0 spiro atoms. The van der Waals surface area contributed by atoms with Crippen LogP contribution in [0.15, 0.2) is 32.1 Å². The number of likely N-dealkylation sites (N-methyl/N-ethyl adjacent to an activating group) is 1. The van der Waals surface area contributed by atoms with Gasteiger partial charge in [-0.15, -0.1) is 0 Å². The molecule has 0 saturated heterocycles. The Morgan fingerprint density at radius 3 is 2.64 bits per heavy atom. The first-order valence-corrected chi connectivity index (χ1v) is 7.08. The molecule has 3 heterocycles. The van der Waals surface area contributed by atoms with E-state index in [0.29, 0.717) is 42.3 Å². The fourth-order valence-corrected chi connectivity index (χ4v) is 1.93. The topological polar surface area (TPSA) is 103 Å². The van der Waals surface area contributed by atoms with E-state index in [1.807, 2.05) is 7.05 Å². The summed E-state index contributed by atoms with van der Waals surface area (Å²) in [6.45, 7) is 2.06. The monoisotopic (exact) mass is 303 g/mol. The number of nitrogens with one attached hydrogen (secondary N) is 1. The third-order valence-electron chi connectivity index (χ3n) is 3.29. The van der Waals surface area contributed by atoms with Gasteiger partial charge in [0.2, 0.25) is 17.6 Å². The number of hydrogen-bond acceptors (Lipinski definition) is 8. The summed E-state index contributed by atoms with van der Waals surface area (Å²) in [4.78, 5) is 8.65. The summed E-state index contributed by atoms with van der Waals surface area (Å²) in [6.07, 6.45) is 4.98. The van der Waals surface area contributed by atoms with Gasteiger partial charge in [0.15, 0.2) is 5.82 Å². The van der Waals surface area contributed by atoms with Crippen molar-refractivity contribution in [2.45, 2.75) is 32.2 Å². The number of rotatable bonds is 7. The van der Waals surface area contributed by atoms with Crippen molar-refractivity contribution >= 4 is 0 Å². The second kappa shape index (κ2) is 6.52. The predicted molar refractivity (Wildman–Crippen MR) is 75.9 cm³/mol. The van der Waals surface area contributed by atoms with Crippen LogP contribution in [0.4, 0.5) is 0 Å². The lowest BCUT2D eigenvalue weighted by atomic mass is 10.2. The Balaban J connectivity index is 1.56. The van der Waals surface area contributed by atoms with E-state index in [1.54, 1.807) is 18.6 Å². The molecule has 0 aliphatic carbocycles. The van der Waals surface area contributed by atoms with Crippen LogP contribution in [-0.2, 0) is 19.3 Å². The summed E-state index contributed by atoms with van der Waals surface area (Å²) in [7, 11) is 1.90. The molecule has 8 heteroatoms. The second-order valence-electron chi connectivity index (χ2n) is 5.02. The molecule has 0 amide bonds. The molecule has 1 unspecified atom stereocenters. The number of nitrogens with zero attached hydrogens (tertiary/aromatic N) is 4. The Morgan fingerprint density at radius 1 is 1.14 bits per heavy atom. The van der Waals surface area contributed by atoms with Crippen LogP contribution in [0.25, 0.3) is 11.4 Å². The number of aryl methyl sites for hydroxylation is 2. The maximum atomic E-state index is 5.22. The van der Waals surface area contributed by atoms with Gasteiger partial charge in [0, 0.05) is 25.3 Å². The Kier molecular flexibility index (Phi) is 4.29. The van der Waals surface area contributed by atoms with Gasteiger partial charge >= 0.3 is 0 Å². The van der Waals surface area contributed by atoms with Crippen LogP contribution in [0, 0.1) is 0 Å². The van der Waals surface area contributed by atoms with Gasteiger partial charge in [-0.3, -0.25) is 0 Å². The first kappa shape index (κ1) is 14.5. The van der Waals surface area contributed by atoms with Crippen molar-refractivity contribution in [1.29, 1.82) is 0 Å². The minimum Gasteiger partial charge on any atom is -0.472 e. The number of hydrogen-bond donors (Lipinski definition) is 1. The van der Waals surface area contributed by atoms with Gasteiger partial charge in [0.05, 0.1) is 11.8 Å². The van der Waals surface area contributed by atoms with Crippen molar-refractivity contribution in [2.75, 3.05) is 7.05 Å². The summed E-state index contributed by atoms with van der Waals surface area (Å²) in [5, 5.41) is 11.0. The predicted octanol–water partition coefficient (Wildman–Crippen LogP) is 1.65. The van der Waals surface area contributed by atoms with Crippen LogP contribution < -0.4 is 5.32 Å². The van der Waals surface area contributed by atoms with E-state index in [9.17, 15) is 0 Å². The molecule has 22 heavy (non-hydrogen) atoms. The molecule has 0 aliphatic rings. The molecular formula is C14H17N5O3. The van der Waals surface area contributed by atoms with Gasteiger partial charge in [0.1, 0.15) is 6.26 Å². The summed E-state index contributed by atoms with van der Waals surface area (Å²) in [5.41, 5.74) is 0.788. The molecule has 8 nitrogen and oxygen atoms in total. The smallest absolute Gasteiger partial charge is 0.227 e. The Bertz CT molecular complexity index is 704. The standard InChI is InChI=1S/C14H17N5O3/c1-9(15-2)7-11-16-12(21-18-11)3-4-13-17-14(19-22-13)10-5-6-20-8-10/h5-6,8-9,15H,3-4,7H2,1-2H3. The molecule has 3 aromatic heterocycles. The van der Waals surface area contributed by atoms with E-state index in [1.165, 1.54) is 0 Å². The third kappa shape index (κ3) is 3.40. The fourth-order valence-electron chi connectivity index (χ4n) is 1.93. The van der Waals surface area contributed by atoms with Gasteiger partial charge in [-0.1, -0.05) is 10.3 Å². The van der Waals surface area contributed by atoms with Crippen LogP contribution >= 0.6 is 0 Å². The number of furan rings is 1. The summed E-state index contributed by atoms with van der Waals surface area (Å²) in [6, 6.07) is 2.08. The van der Waals surface area contributed by atoms with Gasteiger partial charge in [-0.2, -0.15) is 9.97 Å². The zero-order valence-electron chi connectivity index (χ0n) is 12.4. The SMILES string of the molecule is CNC(C)Cc1noc(CCc2nc(-c3ccoc3)no2)n1. The minimum atomic E-state index is 0.305. The molecule has 3 aromatic rings. The Labute approximate surface area is 126 Å². The van der Waals surface area contributed by atoms with Gasteiger partial charge in [-0.25, -0.2) is 0 Å². The van der Waals surface area contributed by atoms with E-state index in [4.69, 9.17) is 13.5 Å². The lowest BCUT2D eigenvalue weighted by Gasteiger charge is -2.04. The Hall–Kier alpha value is -2.48. The van der Waals surface area contributed by atoms with Crippen molar-refractivity contribution in [3.05, 3.63) is 36.2 Å². The maximum absolute atomic E-state index is 5.22. The van der Waals surface area contributed by atoms with Crippen molar-refractivity contribution in [3.63, 3.8) is 0 Å². The molecule has 0 fully saturated rings. The maximum Gasteiger partial charge on any atom is 0.227 e. The molecular weight excluding hydrogens is 286 g/mol. The van der Waals surface area contributed by atoms with Crippen molar-refractivity contribution in [2.24, 2.45) is 0 Å². The highest BCUT2D eigenvalue weighted by Gasteiger charge is 2.13. The minimum absolute atomic E-state index is 0.305. The molecule has 116 valence electrons. The van der Waals surface area contributed by atoms with Crippen LogP contribution in [0.3, 0.4) is 0 Å². The fraction of sp³-hybridized carbons (Fsp3) is 0.429. The zero-order valence-corrected chi connectivity index (χ0v) is 12.4. The molecule has 1 N–H and O–H groups in total. The summed E-state index contributed by atoms with van der Waals surface area (Å²) in [5.74, 6) is 2.31. The van der Waals surface area contributed by atoms with Gasteiger partial charge in [0.25, 0.3) is 0 Å². The molecule has 0 bridgehead atoms. The van der Waals surface area contributed by atoms with E-state index in [-0.39, 0.29) is 0 Å². The first-order valence-electron chi connectivity index (χ1n) is 7.08. The zero-order chi connectivity index (χ0) is 15.4. The van der Waals surface area contributed by atoms with E-state index in [2.05, 4.69) is 32.5 Å². The molecule has 1 atom stereocenters. The number of aromatic nitrogens is 4. The second-order valence-corrected chi connectivity index (χ2v) is 5.02. The highest BCUT2D eigenvalue weighted by Crippen LogP contribution is 2.16. The molecule has 0 aliphatic heterocycles. The average Bonchev–Trinajstić information content (AvgIpc) is 3.26. The lowest BCUT2D eigenvalue weighted by Crippen LogP contribution is -2.24. The lowest BCUT2D eigenvalue weighted by molar-refractivity contribution is 0.351. The summed E-state index contributed by atoms with van der Waals surface area (Å²) < 4.78 is 15.4. The van der Waals surface area contributed by atoms with Crippen LogP contribution in [0.5, 0.6) is 0 Å². The third-order valence-corrected chi connectivity index (χ3v) is 3.29. The normalized spacial score (nSPS) is 12.6. The van der Waals surface area contributed by atoms with E-state index in [0.717, 1.165) is 12.0 Å². The molecule has 0 aromatic carbocycles. The van der Waals surface area contributed by atoms with E-state index < -0.39 is 0 Å². The van der Waals surface area contributed by atoms with Crippen LogP contribution in [0.2, 0.25) is 0 Å². The Morgan fingerprint density at radius 2 is 1.91 bits per heavy atom. The highest BCUT2D eigenvalue weighted by molar-refractivity contribution is 5.51. The quantitative estimate of drug-likeness (QED) is 0.702. The summed E-state index contributed by atoms with van der Waals surface area (Å²) >= 11 is 0. The van der Waals surface area contributed by atoms with Gasteiger partial charge < -0.3 is 18.8 Å². The van der Waals surface area contributed by atoms with Crippen molar-refractivity contribution in [1.82, 2.24) is 25.6 Å². The van der Waals surface area contributed by atoms with Crippen molar-refractivity contribution < 1.29 is 13.5 Å².